The molecule has 12 aromatic rings. The van der Waals surface area contributed by atoms with E-state index < -0.39 is 0 Å². The third-order valence-corrected chi connectivity index (χ3v) is 14.4. The van der Waals surface area contributed by atoms with Crippen LogP contribution in [0, 0.1) is 0 Å². The molecule has 0 unspecified atom stereocenters. The van der Waals surface area contributed by atoms with Crippen molar-refractivity contribution >= 4 is 88.0 Å². The van der Waals surface area contributed by atoms with Crippen LogP contribution >= 0.6 is 0 Å². The van der Waals surface area contributed by atoms with Crippen molar-refractivity contribution in [2.24, 2.45) is 0 Å². The summed E-state index contributed by atoms with van der Waals surface area (Å²) in [5.74, 6) is 0. The van der Waals surface area contributed by atoms with E-state index in [-0.39, 0.29) is 5.41 Å². The first-order valence-electron chi connectivity index (χ1n) is 23.3. The van der Waals surface area contributed by atoms with Crippen molar-refractivity contribution in [2.75, 3.05) is 9.80 Å². The van der Waals surface area contributed by atoms with Gasteiger partial charge in [-0.3, -0.25) is 0 Å². The summed E-state index contributed by atoms with van der Waals surface area (Å²) in [6.45, 7) is 4.78. The Labute approximate surface area is 391 Å². The lowest BCUT2D eigenvalue weighted by atomic mass is 9.72. The van der Waals surface area contributed by atoms with Crippen LogP contribution in [0.15, 0.2) is 243 Å². The summed E-state index contributed by atoms with van der Waals surface area (Å²) >= 11 is 0. The predicted molar refractivity (Wildman–Crippen MR) is 286 cm³/mol. The summed E-state index contributed by atoms with van der Waals surface area (Å²) in [5, 5.41) is 12.4. The van der Waals surface area contributed by atoms with Gasteiger partial charge in [-0.05, 0) is 130 Å². The van der Waals surface area contributed by atoms with E-state index in [1.54, 1.807) is 0 Å². The molecule has 316 valence electrons. The van der Waals surface area contributed by atoms with Gasteiger partial charge in [0.05, 0.1) is 22.7 Å². The maximum absolute atomic E-state index is 2.57. The van der Waals surface area contributed by atoms with Crippen molar-refractivity contribution in [1.29, 1.82) is 0 Å². The number of benzene rings is 12. The number of fused-ring (bicyclic) bond motifs is 10. The van der Waals surface area contributed by atoms with Crippen LogP contribution in [0.4, 0.5) is 34.1 Å². The van der Waals surface area contributed by atoms with Crippen LogP contribution in [0.2, 0.25) is 0 Å². The van der Waals surface area contributed by atoms with Crippen molar-refractivity contribution < 1.29 is 0 Å². The Morgan fingerprint density at radius 1 is 0.328 bits per heavy atom. The van der Waals surface area contributed by atoms with E-state index in [0.29, 0.717) is 0 Å². The van der Waals surface area contributed by atoms with Gasteiger partial charge >= 0.3 is 0 Å². The molecule has 0 bridgehead atoms. The van der Waals surface area contributed by atoms with Gasteiger partial charge in [-0.15, -0.1) is 0 Å². The Balaban J connectivity index is 1.10. The summed E-state index contributed by atoms with van der Waals surface area (Å²) in [7, 11) is 0. The second-order valence-corrected chi connectivity index (χ2v) is 18.5. The predicted octanol–water partition coefficient (Wildman–Crippen LogP) is 18.4. The molecule has 13 rings (SSSR count). The molecule has 0 saturated carbocycles. The highest BCUT2D eigenvalue weighted by molar-refractivity contribution is 6.26. The van der Waals surface area contributed by atoms with Gasteiger partial charge < -0.3 is 9.80 Å². The summed E-state index contributed by atoms with van der Waals surface area (Å²) in [6.07, 6.45) is 0. The number of hydrogen-bond acceptors (Lipinski definition) is 2. The molecule has 1 heterocycles. The van der Waals surface area contributed by atoms with Crippen molar-refractivity contribution in [1.82, 2.24) is 0 Å². The Morgan fingerprint density at radius 3 is 1.58 bits per heavy atom. The lowest BCUT2D eigenvalue weighted by Crippen LogP contribution is -2.31. The van der Waals surface area contributed by atoms with Crippen molar-refractivity contribution in [3.63, 3.8) is 0 Å². The number of nitrogens with zero attached hydrogens (tertiary/aromatic N) is 2. The maximum atomic E-state index is 2.57. The molecule has 12 aromatic carbocycles. The first-order chi connectivity index (χ1) is 33.0. The Hall–Kier alpha value is -8.46. The molecular formula is C65H46N2. The summed E-state index contributed by atoms with van der Waals surface area (Å²) in [5.41, 5.74) is 13.9. The standard InChI is InChI=1S/C65H46N2/c1-65(2)59-29-14-15-30-61(59)67(62-39-34-47(41-60(62)65)51-28-16-21-45-19-6-8-22-50(45)51)64-52-23-9-7-20-46(52)33-40-63(64)66(48-35-31-44(32-36-48)43-17-4-3-5-18-43)49-37-38-57-55-26-11-10-24-53(55)54-25-12-13-27-56(54)58(57)42-49/h3-42H,1-2H3. The van der Waals surface area contributed by atoms with Gasteiger partial charge in [-0.25, -0.2) is 0 Å². The number of para-hydroxylation sites is 1. The molecule has 0 saturated heterocycles. The van der Waals surface area contributed by atoms with E-state index >= 15 is 0 Å². The van der Waals surface area contributed by atoms with E-state index in [9.17, 15) is 0 Å². The van der Waals surface area contributed by atoms with Gasteiger partial charge in [-0.1, -0.05) is 208 Å². The van der Waals surface area contributed by atoms with Crippen LogP contribution in [0.25, 0.3) is 76.1 Å². The molecule has 0 atom stereocenters. The zero-order valence-corrected chi connectivity index (χ0v) is 37.5. The van der Waals surface area contributed by atoms with Crippen LogP contribution in [-0.2, 0) is 5.41 Å². The van der Waals surface area contributed by atoms with Crippen molar-refractivity contribution in [3.05, 3.63) is 254 Å². The molecule has 0 amide bonds. The Kier molecular flexibility index (Phi) is 8.91. The SMILES string of the molecule is CC1(C)c2ccccc2N(c2c(N(c3ccc(-c4ccccc4)cc3)c3ccc4c5ccccc5c5ccccc5c4c3)ccc3ccccc23)c2ccc(-c3cccc4ccccc34)cc21. The van der Waals surface area contributed by atoms with Gasteiger partial charge in [0.1, 0.15) is 0 Å². The minimum absolute atomic E-state index is 0.289. The first kappa shape index (κ1) is 39.0. The van der Waals surface area contributed by atoms with E-state index in [4.69, 9.17) is 0 Å². The molecule has 0 aromatic heterocycles. The second kappa shape index (κ2) is 15.3. The van der Waals surface area contributed by atoms with Crippen molar-refractivity contribution in [2.45, 2.75) is 19.3 Å². The molecule has 0 radical (unpaired) electrons. The van der Waals surface area contributed by atoms with Gasteiger partial charge in [0.25, 0.3) is 0 Å². The fourth-order valence-electron chi connectivity index (χ4n) is 11.1. The molecule has 1 aliphatic rings. The maximum Gasteiger partial charge on any atom is 0.0781 e. The minimum atomic E-state index is -0.289. The monoisotopic (exact) mass is 854 g/mol. The molecule has 0 spiro atoms. The van der Waals surface area contributed by atoms with Crippen LogP contribution in [-0.4, -0.2) is 0 Å². The fraction of sp³-hybridized carbons (Fsp3) is 0.0462. The quantitative estimate of drug-likeness (QED) is 0.154. The normalized spacial score (nSPS) is 13.0. The third-order valence-electron chi connectivity index (χ3n) is 14.4. The van der Waals surface area contributed by atoms with E-state index in [1.165, 1.54) is 98.6 Å². The number of hydrogen-bond donors (Lipinski definition) is 0. The highest BCUT2D eigenvalue weighted by atomic mass is 15.2. The number of anilines is 6. The average Bonchev–Trinajstić information content (AvgIpc) is 3.39. The van der Waals surface area contributed by atoms with Crippen LogP contribution in [0.3, 0.4) is 0 Å². The highest BCUT2D eigenvalue weighted by Crippen LogP contribution is 2.57. The Morgan fingerprint density at radius 2 is 0.851 bits per heavy atom. The average molecular weight is 855 g/mol. The first-order valence-corrected chi connectivity index (χ1v) is 23.3. The number of rotatable bonds is 6. The van der Waals surface area contributed by atoms with Gasteiger partial charge in [0, 0.05) is 22.2 Å². The van der Waals surface area contributed by atoms with E-state index in [1.807, 2.05) is 0 Å². The summed E-state index contributed by atoms with van der Waals surface area (Å²) in [4.78, 5) is 5.06. The van der Waals surface area contributed by atoms with Crippen molar-refractivity contribution in [3.8, 4) is 22.3 Å². The zero-order valence-electron chi connectivity index (χ0n) is 37.5. The van der Waals surface area contributed by atoms with Gasteiger partial charge in [-0.2, -0.15) is 0 Å². The molecule has 0 fully saturated rings. The highest BCUT2D eigenvalue weighted by Gasteiger charge is 2.39. The van der Waals surface area contributed by atoms with Crippen LogP contribution < -0.4 is 9.80 Å². The van der Waals surface area contributed by atoms with Crippen LogP contribution in [0.1, 0.15) is 25.0 Å². The smallest absolute Gasteiger partial charge is 0.0781 e. The van der Waals surface area contributed by atoms with Gasteiger partial charge in [0.15, 0.2) is 0 Å². The largest absolute Gasteiger partial charge is 0.308 e. The summed E-state index contributed by atoms with van der Waals surface area (Å²) < 4.78 is 0. The van der Waals surface area contributed by atoms with Crippen LogP contribution in [0.5, 0.6) is 0 Å². The lowest BCUT2D eigenvalue weighted by Gasteiger charge is -2.44. The second-order valence-electron chi connectivity index (χ2n) is 18.5. The molecule has 1 aliphatic heterocycles. The fourth-order valence-corrected chi connectivity index (χ4v) is 11.1. The van der Waals surface area contributed by atoms with E-state index in [0.717, 1.165) is 22.7 Å². The van der Waals surface area contributed by atoms with E-state index in [2.05, 4.69) is 266 Å². The molecule has 2 nitrogen and oxygen atoms in total. The topological polar surface area (TPSA) is 6.48 Å². The molecule has 2 heteroatoms. The molecular weight excluding hydrogens is 809 g/mol. The zero-order chi connectivity index (χ0) is 44.6. The molecule has 67 heavy (non-hydrogen) atoms. The minimum Gasteiger partial charge on any atom is -0.308 e. The summed E-state index contributed by atoms with van der Waals surface area (Å²) in [6, 6.07) is 89.8. The lowest BCUT2D eigenvalue weighted by molar-refractivity contribution is 0.632. The Bertz CT molecular complexity index is 3860. The molecule has 0 N–H and O–H groups in total. The third kappa shape index (κ3) is 6.18. The molecule has 0 aliphatic carbocycles. The van der Waals surface area contributed by atoms with Gasteiger partial charge in [0.2, 0.25) is 0 Å².